The van der Waals surface area contributed by atoms with E-state index in [1.54, 1.807) is 18.2 Å². The van der Waals surface area contributed by atoms with Crippen LogP contribution in [0.1, 0.15) is 16.1 Å². The molecule has 2 aromatic carbocycles. The minimum absolute atomic E-state index is 0.0966. The van der Waals surface area contributed by atoms with Crippen molar-refractivity contribution in [3.05, 3.63) is 76.5 Å². The summed E-state index contributed by atoms with van der Waals surface area (Å²) in [5, 5.41) is 13.5. The molecule has 2 N–H and O–H groups in total. The average Bonchev–Trinajstić information content (AvgIpc) is 3.04. The zero-order valence-corrected chi connectivity index (χ0v) is 14.0. The van der Waals surface area contributed by atoms with Crippen LogP contribution in [-0.4, -0.2) is 17.2 Å². The second-order valence-electron chi connectivity index (χ2n) is 4.93. The highest BCUT2D eigenvalue weighted by molar-refractivity contribution is 9.10. The van der Waals surface area contributed by atoms with Crippen molar-refractivity contribution in [2.24, 2.45) is 5.10 Å². The van der Waals surface area contributed by atoms with Crippen molar-refractivity contribution in [3.63, 3.8) is 0 Å². The van der Waals surface area contributed by atoms with Gasteiger partial charge in [0.2, 0.25) is 0 Å². The topological polar surface area (TPSA) is 74.8 Å². The predicted molar refractivity (Wildman–Crippen MR) is 95.0 cm³/mol. The third kappa shape index (κ3) is 3.72. The summed E-state index contributed by atoms with van der Waals surface area (Å²) in [7, 11) is 0. The standard InChI is InChI=1S/C18H13BrN2O3/c19-13-7-5-12(6-8-13)17-10-9-14(24-17)11-20-21-18(23)15-3-1-2-4-16(15)22/h1-11,22H,(H,21,23)/b20-11+. The van der Waals surface area contributed by atoms with Crippen molar-refractivity contribution in [2.45, 2.75) is 0 Å². The highest BCUT2D eigenvalue weighted by Crippen LogP contribution is 2.23. The van der Waals surface area contributed by atoms with Gasteiger partial charge in [0.15, 0.2) is 0 Å². The van der Waals surface area contributed by atoms with Crippen LogP contribution in [0.4, 0.5) is 0 Å². The Morgan fingerprint density at radius 2 is 1.83 bits per heavy atom. The van der Waals surface area contributed by atoms with Crippen molar-refractivity contribution in [1.29, 1.82) is 0 Å². The van der Waals surface area contributed by atoms with E-state index in [1.807, 2.05) is 30.3 Å². The first-order chi connectivity index (χ1) is 11.6. The lowest BCUT2D eigenvalue weighted by Gasteiger charge is -2.01. The maximum atomic E-state index is 11.9. The fraction of sp³-hybridized carbons (Fsp3) is 0. The molecule has 0 aliphatic rings. The number of rotatable bonds is 4. The third-order valence-corrected chi connectivity index (χ3v) is 3.79. The van der Waals surface area contributed by atoms with Crippen LogP contribution >= 0.6 is 15.9 Å². The summed E-state index contributed by atoms with van der Waals surface area (Å²) in [6.07, 6.45) is 1.40. The van der Waals surface area contributed by atoms with Crippen molar-refractivity contribution in [1.82, 2.24) is 5.43 Å². The first kappa shape index (κ1) is 16.0. The van der Waals surface area contributed by atoms with E-state index in [-0.39, 0.29) is 11.3 Å². The van der Waals surface area contributed by atoms with Gasteiger partial charge in [-0.2, -0.15) is 5.10 Å². The molecule has 1 amide bonds. The van der Waals surface area contributed by atoms with Gasteiger partial charge >= 0.3 is 0 Å². The summed E-state index contributed by atoms with van der Waals surface area (Å²) in [6, 6.07) is 17.6. The maximum Gasteiger partial charge on any atom is 0.275 e. The number of hydrogen-bond acceptors (Lipinski definition) is 4. The number of halogens is 1. The summed E-state index contributed by atoms with van der Waals surface area (Å²) in [5.41, 5.74) is 3.45. The van der Waals surface area contributed by atoms with Crippen LogP contribution in [0.3, 0.4) is 0 Å². The van der Waals surface area contributed by atoms with Crippen molar-refractivity contribution in [2.75, 3.05) is 0 Å². The Morgan fingerprint density at radius 1 is 1.08 bits per heavy atom. The summed E-state index contributed by atoms with van der Waals surface area (Å²) in [5.74, 6) is 0.617. The fourth-order valence-electron chi connectivity index (χ4n) is 2.07. The van der Waals surface area contributed by atoms with E-state index in [0.717, 1.165) is 10.0 Å². The Hall–Kier alpha value is -2.86. The fourth-order valence-corrected chi connectivity index (χ4v) is 2.34. The molecule has 1 heterocycles. The number of furan rings is 1. The number of nitrogens with zero attached hydrogens (tertiary/aromatic N) is 1. The Bertz CT molecular complexity index is 885. The normalized spacial score (nSPS) is 10.9. The van der Waals surface area contributed by atoms with Crippen molar-refractivity contribution in [3.8, 4) is 17.1 Å². The zero-order chi connectivity index (χ0) is 16.9. The molecule has 0 radical (unpaired) electrons. The maximum absolute atomic E-state index is 11.9. The van der Waals surface area contributed by atoms with E-state index in [2.05, 4.69) is 26.5 Å². The lowest BCUT2D eigenvalue weighted by Crippen LogP contribution is -2.17. The number of phenolic OH excluding ortho intramolecular Hbond substituents is 1. The monoisotopic (exact) mass is 384 g/mol. The molecule has 1 aromatic heterocycles. The van der Waals surface area contributed by atoms with Gasteiger partial charge in [0, 0.05) is 10.0 Å². The van der Waals surface area contributed by atoms with Gasteiger partial charge in [-0.15, -0.1) is 0 Å². The second kappa shape index (κ2) is 7.14. The number of nitrogens with one attached hydrogen (secondary N) is 1. The highest BCUT2D eigenvalue weighted by atomic mass is 79.9. The minimum Gasteiger partial charge on any atom is -0.507 e. The number of aromatic hydroxyl groups is 1. The zero-order valence-electron chi connectivity index (χ0n) is 12.4. The van der Waals surface area contributed by atoms with E-state index >= 15 is 0 Å². The Balaban J connectivity index is 1.66. The van der Waals surface area contributed by atoms with Gasteiger partial charge in [0.25, 0.3) is 5.91 Å². The molecule has 3 rings (SSSR count). The van der Waals surface area contributed by atoms with Crippen LogP contribution in [0, 0.1) is 0 Å². The number of para-hydroxylation sites is 1. The van der Waals surface area contributed by atoms with E-state index in [0.29, 0.717) is 11.5 Å². The molecular formula is C18H13BrN2O3. The van der Waals surface area contributed by atoms with E-state index < -0.39 is 5.91 Å². The molecule has 3 aromatic rings. The Kier molecular flexibility index (Phi) is 4.77. The largest absolute Gasteiger partial charge is 0.507 e. The quantitative estimate of drug-likeness (QED) is 0.523. The Labute approximate surface area is 146 Å². The molecule has 0 saturated carbocycles. The molecule has 0 bridgehead atoms. The van der Waals surface area contributed by atoms with E-state index in [9.17, 15) is 9.90 Å². The molecule has 120 valence electrons. The van der Waals surface area contributed by atoms with Gasteiger partial charge in [0.1, 0.15) is 17.3 Å². The number of hydrazone groups is 1. The molecular weight excluding hydrogens is 372 g/mol. The lowest BCUT2D eigenvalue weighted by atomic mass is 10.2. The second-order valence-corrected chi connectivity index (χ2v) is 5.84. The number of benzene rings is 2. The van der Waals surface area contributed by atoms with Gasteiger partial charge in [-0.3, -0.25) is 4.79 Å². The molecule has 0 unspecified atom stereocenters. The molecule has 0 spiro atoms. The first-order valence-electron chi connectivity index (χ1n) is 7.10. The van der Waals surface area contributed by atoms with Gasteiger partial charge in [-0.1, -0.05) is 40.2 Å². The van der Waals surface area contributed by atoms with Crippen LogP contribution in [0.25, 0.3) is 11.3 Å². The van der Waals surface area contributed by atoms with Gasteiger partial charge < -0.3 is 9.52 Å². The number of phenols is 1. The van der Waals surface area contributed by atoms with Gasteiger partial charge in [-0.05, 0) is 36.4 Å². The number of amides is 1. The lowest BCUT2D eigenvalue weighted by molar-refractivity contribution is 0.0952. The van der Waals surface area contributed by atoms with E-state index in [1.165, 1.54) is 18.3 Å². The third-order valence-electron chi connectivity index (χ3n) is 3.26. The summed E-state index contributed by atoms with van der Waals surface area (Å²) >= 11 is 3.39. The smallest absolute Gasteiger partial charge is 0.275 e. The van der Waals surface area contributed by atoms with Gasteiger partial charge in [-0.25, -0.2) is 5.43 Å². The van der Waals surface area contributed by atoms with Crippen molar-refractivity contribution < 1.29 is 14.3 Å². The SMILES string of the molecule is O=C(N/N=C/c1ccc(-c2ccc(Br)cc2)o1)c1ccccc1O. The number of carbonyl (C=O) groups excluding carboxylic acids is 1. The van der Waals surface area contributed by atoms with Crippen LogP contribution < -0.4 is 5.43 Å². The van der Waals surface area contributed by atoms with E-state index in [4.69, 9.17) is 4.42 Å². The number of hydrogen-bond donors (Lipinski definition) is 2. The molecule has 0 aliphatic carbocycles. The number of carbonyl (C=O) groups is 1. The predicted octanol–water partition coefficient (Wildman–Crippen LogP) is 4.18. The average molecular weight is 385 g/mol. The molecule has 0 aliphatic heterocycles. The summed E-state index contributed by atoms with van der Waals surface area (Å²) in [4.78, 5) is 11.9. The van der Waals surface area contributed by atoms with Crippen LogP contribution in [0.5, 0.6) is 5.75 Å². The van der Waals surface area contributed by atoms with Crippen LogP contribution in [0.15, 0.2) is 74.7 Å². The van der Waals surface area contributed by atoms with Crippen LogP contribution in [-0.2, 0) is 0 Å². The molecule has 24 heavy (non-hydrogen) atoms. The molecule has 0 saturated heterocycles. The summed E-state index contributed by atoms with van der Waals surface area (Å²) in [6.45, 7) is 0. The molecule has 0 fully saturated rings. The summed E-state index contributed by atoms with van der Waals surface area (Å²) < 4.78 is 6.65. The first-order valence-corrected chi connectivity index (χ1v) is 7.90. The van der Waals surface area contributed by atoms with Gasteiger partial charge in [0.05, 0.1) is 11.8 Å². The molecule has 5 nitrogen and oxygen atoms in total. The highest BCUT2D eigenvalue weighted by Gasteiger charge is 2.09. The Morgan fingerprint density at radius 3 is 2.58 bits per heavy atom. The minimum atomic E-state index is -0.496. The van der Waals surface area contributed by atoms with Crippen molar-refractivity contribution >= 4 is 28.1 Å². The molecule has 6 heteroatoms. The molecule has 0 atom stereocenters. The van der Waals surface area contributed by atoms with Crippen LogP contribution in [0.2, 0.25) is 0 Å².